The van der Waals surface area contributed by atoms with E-state index in [4.69, 9.17) is 5.11 Å². The number of nitrogens with zero attached hydrogens (tertiary/aromatic N) is 2. The lowest BCUT2D eigenvalue weighted by Gasteiger charge is -2.01. The highest BCUT2D eigenvalue weighted by atomic mass is 16.6. The summed E-state index contributed by atoms with van der Waals surface area (Å²) in [5.74, 6) is -1.03. The van der Waals surface area contributed by atoms with E-state index in [9.17, 15) is 14.9 Å². The molecule has 1 heterocycles. The van der Waals surface area contributed by atoms with Crippen molar-refractivity contribution in [3.63, 3.8) is 0 Å². The summed E-state index contributed by atoms with van der Waals surface area (Å²) in [6, 6.07) is 9.05. The second-order valence-electron chi connectivity index (χ2n) is 3.54. The van der Waals surface area contributed by atoms with Crippen molar-refractivity contribution >= 4 is 11.7 Å². The van der Waals surface area contributed by atoms with Crippen LogP contribution < -0.4 is 0 Å². The van der Waals surface area contributed by atoms with Crippen LogP contribution in [0.1, 0.15) is 10.4 Å². The van der Waals surface area contributed by atoms with Crippen molar-refractivity contribution in [1.82, 2.24) is 4.98 Å². The molecule has 0 atom stereocenters. The number of benzene rings is 1. The van der Waals surface area contributed by atoms with Crippen LogP contribution in [0.2, 0.25) is 0 Å². The van der Waals surface area contributed by atoms with E-state index in [2.05, 4.69) is 4.98 Å². The molecule has 18 heavy (non-hydrogen) atoms. The van der Waals surface area contributed by atoms with E-state index < -0.39 is 10.9 Å². The van der Waals surface area contributed by atoms with Gasteiger partial charge in [0.05, 0.1) is 16.2 Å². The van der Waals surface area contributed by atoms with Crippen LogP contribution in [0.15, 0.2) is 42.6 Å². The molecule has 0 aliphatic carbocycles. The van der Waals surface area contributed by atoms with Crippen LogP contribution >= 0.6 is 0 Å². The number of rotatable bonds is 3. The molecule has 6 heteroatoms. The van der Waals surface area contributed by atoms with Crippen molar-refractivity contribution in [2.45, 2.75) is 0 Å². The number of carbonyl (C=O) groups is 1. The van der Waals surface area contributed by atoms with Crippen LogP contribution in [-0.2, 0) is 0 Å². The summed E-state index contributed by atoms with van der Waals surface area (Å²) in [4.78, 5) is 24.7. The molecule has 0 spiro atoms. The number of hydrogen-bond donors (Lipinski definition) is 1. The number of hydrogen-bond acceptors (Lipinski definition) is 4. The van der Waals surface area contributed by atoms with Crippen molar-refractivity contribution in [3.8, 4) is 11.3 Å². The molecule has 0 aliphatic heterocycles. The topological polar surface area (TPSA) is 93.3 Å². The molecular formula is C12H8N2O4. The van der Waals surface area contributed by atoms with E-state index in [1.54, 1.807) is 12.1 Å². The molecule has 2 aromatic rings. The molecule has 0 radical (unpaired) electrons. The van der Waals surface area contributed by atoms with Crippen molar-refractivity contribution in [1.29, 1.82) is 0 Å². The maximum atomic E-state index is 10.8. The fraction of sp³-hybridized carbons (Fsp3) is 0. The van der Waals surface area contributed by atoms with E-state index in [1.165, 1.54) is 24.3 Å². The van der Waals surface area contributed by atoms with Gasteiger partial charge in [-0.1, -0.05) is 12.1 Å². The van der Waals surface area contributed by atoms with Gasteiger partial charge in [0.1, 0.15) is 6.20 Å². The largest absolute Gasteiger partial charge is 0.478 e. The number of pyridine rings is 1. The Kier molecular flexibility index (Phi) is 3.01. The highest BCUT2D eigenvalue weighted by Gasteiger charge is 2.08. The molecule has 2 rings (SSSR count). The Labute approximate surface area is 102 Å². The van der Waals surface area contributed by atoms with Crippen LogP contribution in [0, 0.1) is 10.1 Å². The zero-order valence-electron chi connectivity index (χ0n) is 9.11. The summed E-state index contributed by atoms with van der Waals surface area (Å²) < 4.78 is 0. The predicted molar refractivity (Wildman–Crippen MR) is 63.3 cm³/mol. The summed E-state index contributed by atoms with van der Waals surface area (Å²) in [6.45, 7) is 0. The van der Waals surface area contributed by atoms with E-state index in [0.29, 0.717) is 11.3 Å². The first-order valence-electron chi connectivity index (χ1n) is 5.02. The second-order valence-corrected chi connectivity index (χ2v) is 3.54. The summed E-state index contributed by atoms with van der Waals surface area (Å²) in [7, 11) is 0. The Morgan fingerprint density at radius 3 is 2.61 bits per heavy atom. The van der Waals surface area contributed by atoms with Gasteiger partial charge in [-0.25, -0.2) is 9.78 Å². The molecule has 0 saturated heterocycles. The van der Waals surface area contributed by atoms with Crippen LogP contribution in [-0.4, -0.2) is 21.0 Å². The number of carboxylic acids is 1. The molecular weight excluding hydrogens is 236 g/mol. The summed E-state index contributed by atoms with van der Waals surface area (Å²) >= 11 is 0. The smallest absolute Gasteiger partial charge is 0.335 e. The predicted octanol–water partition coefficient (Wildman–Crippen LogP) is 2.36. The van der Waals surface area contributed by atoms with Crippen molar-refractivity contribution in [2.24, 2.45) is 0 Å². The van der Waals surface area contributed by atoms with Crippen LogP contribution in [0.5, 0.6) is 0 Å². The average Bonchev–Trinajstić information content (AvgIpc) is 2.39. The van der Waals surface area contributed by atoms with Crippen LogP contribution in [0.4, 0.5) is 5.69 Å². The molecule has 0 unspecified atom stereocenters. The van der Waals surface area contributed by atoms with Gasteiger partial charge in [-0.2, -0.15) is 0 Å². The second kappa shape index (κ2) is 4.62. The highest BCUT2D eigenvalue weighted by molar-refractivity contribution is 5.89. The van der Waals surface area contributed by atoms with Crippen LogP contribution in [0.3, 0.4) is 0 Å². The molecule has 0 fully saturated rings. The maximum absolute atomic E-state index is 10.8. The van der Waals surface area contributed by atoms with E-state index >= 15 is 0 Å². The summed E-state index contributed by atoms with van der Waals surface area (Å²) in [5.41, 5.74) is 1.13. The average molecular weight is 244 g/mol. The van der Waals surface area contributed by atoms with Crippen molar-refractivity contribution in [2.75, 3.05) is 0 Å². The van der Waals surface area contributed by atoms with Crippen molar-refractivity contribution in [3.05, 3.63) is 58.3 Å². The molecule has 1 aromatic carbocycles. The first-order chi connectivity index (χ1) is 8.58. The van der Waals surface area contributed by atoms with Crippen molar-refractivity contribution < 1.29 is 14.8 Å². The quantitative estimate of drug-likeness (QED) is 0.660. The SMILES string of the molecule is O=C(O)c1cccc(-c2ccc([N+](=O)[O-])cn2)c1. The lowest BCUT2D eigenvalue weighted by atomic mass is 10.1. The first kappa shape index (κ1) is 11.7. The molecule has 90 valence electrons. The van der Waals surface area contributed by atoms with E-state index in [1.807, 2.05) is 0 Å². The third-order valence-electron chi connectivity index (χ3n) is 2.36. The molecule has 0 amide bonds. The molecule has 6 nitrogen and oxygen atoms in total. The Morgan fingerprint density at radius 1 is 1.28 bits per heavy atom. The van der Waals surface area contributed by atoms with Gasteiger partial charge in [0.25, 0.3) is 5.69 Å². The first-order valence-corrected chi connectivity index (χ1v) is 5.02. The van der Waals surface area contributed by atoms with Gasteiger partial charge < -0.3 is 5.11 Å². The Balaban J connectivity index is 2.39. The van der Waals surface area contributed by atoms with Gasteiger partial charge >= 0.3 is 5.97 Å². The number of nitro groups is 1. The van der Waals surface area contributed by atoms with Gasteiger partial charge in [-0.15, -0.1) is 0 Å². The Bertz CT molecular complexity index is 608. The van der Waals surface area contributed by atoms with E-state index in [-0.39, 0.29) is 11.3 Å². The van der Waals surface area contributed by atoms with Crippen LogP contribution in [0.25, 0.3) is 11.3 Å². The molecule has 1 aromatic heterocycles. The fourth-order valence-electron chi connectivity index (χ4n) is 1.48. The number of carboxylic acid groups (broad SMARTS) is 1. The van der Waals surface area contributed by atoms with Gasteiger partial charge in [-0.3, -0.25) is 10.1 Å². The maximum Gasteiger partial charge on any atom is 0.335 e. The lowest BCUT2D eigenvalue weighted by Crippen LogP contribution is -1.96. The standard InChI is InChI=1S/C12H8N2O4/c15-12(16)9-3-1-2-8(6-9)11-5-4-10(7-13-11)14(17)18/h1-7H,(H,15,16). The third kappa shape index (κ3) is 2.32. The lowest BCUT2D eigenvalue weighted by molar-refractivity contribution is -0.385. The van der Waals surface area contributed by atoms with Gasteiger partial charge in [-0.05, 0) is 18.2 Å². The molecule has 0 saturated carbocycles. The zero-order valence-corrected chi connectivity index (χ0v) is 9.11. The number of aromatic carboxylic acids is 1. The molecule has 0 aliphatic rings. The third-order valence-corrected chi connectivity index (χ3v) is 2.36. The minimum Gasteiger partial charge on any atom is -0.478 e. The normalized spacial score (nSPS) is 10.0. The minimum absolute atomic E-state index is 0.104. The van der Waals surface area contributed by atoms with Gasteiger partial charge in [0.15, 0.2) is 0 Å². The Hall–Kier alpha value is -2.76. The zero-order chi connectivity index (χ0) is 13.1. The van der Waals surface area contributed by atoms with E-state index in [0.717, 1.165) is 6.20 Å². The molecule has 1 N–H and O–H groups in total. The summed E-state index contributed by atoms with van der Waals surface area (Å²) in [6.07, 6.45) is 1.14. The van der Waals surface area contributed by atoms with Gasteiger partial charge in [0, 0.05) is 11.6 Å². The Morgan fingerprint density at radius 2 is 2.06 bits per heavy atom. The monoisotopic (exact) mass is 244 g/mol. The fourth-order valence-corrected chi connectivity index (χ4v) is 1.48. The molecule has 0 bridgehead atoms. The number of aromatic nitrogens is 1. The highest BCUT2D eigenvalue weighted by Crippen LogP contribution is 2.20. The van der Waals surface area contributed by atoms with Gasteiger partial charge in [0.2, 0.25) is 0 Å². The minimum atomic E-state index is -1.03. The summed E-state index contributed by atoms with van der Waals surface area (Å²) in [5, 5.41) is 19.3.